The van der Waals surface area contributed by atoms with Crippen LogP contribution in [0, 0.1) is 0 Å². The molecule has 0 aliphatic heterocycles. The maximum Gasteiger partial charge on any atom is 0.338 e. The summed E-state index contributed by atoms with van der Waals surface area (Å²) in [4.78, 5) is 12.2. The van der Waals surface area contributed by atoms with E-state index in [0.717, 1.165) is 17.5 Å². The Balaban J connectivity index is 2.34. The van der Waals surface area contributed by atoms with Crippen molar-refractivity contribution < 1.29 is 9.53 Å². The number of carbonyl (C=O) groups is 1. The van der Waals surface area contributed by atoms with Gasteiger partial charge in [0.15, 0.2) is 0 Å². The van der Waals surface area contributed by atoms with E-state index in [2.05, 4.69) is 0 Å². The van der Waals surface area contributed by atoms with Gasteiger partial charge < -0.3 is 4.74 Å². The lowest BCUT2D eigenvalue weighted by Gasteiger charge is -2.08. The summed E-state index contributed by atoms with van der Waals surface area (Å²) in [6, 6.07) is 19.4. The van der Waals surface area contributed by atoms with Crippen LogP contribution in [-0.4, -0.2) is 12.6 Å². The Hall–Kier alpha value is -2.35. The number of esters is 1. The monoisotopic (exact) mass is 266 g/mol. The molecule has 0 spiro atoms. The summed E-state index contributed by atoms with van der Waals surface area (Å²) in [5, 5.41) is 0. The van der Waals surface area contributed by atoms with Crippen LogP contribution in [0.3, 0.4) is 0 Å². The van der Waals surface area contributed by atoms with Gasteiger partial charge in [0.05, 0.1) is 12.2 Å². The first kappa shape index (κ1) is 14.1. The molecule has 2 aromatic carbocycles. The van der Waals surface area contributed by atoms with E-state index < -0.39 is 0 Å². The van der Waals surface area contributed by atoms with Gasteiger partial charge >= 0.3 is 5.97 Å². The van der Waals surface area contributed by atoms with Crippen molar-refractivity contribution in [3.05, 3.63) is 71.8 Å². The Kier molecular flexibility index (Phi) is 5.13. The van der Waals surface area contributed by atoms with Gasteiger partial charge in [0.1, 0.15) is 0 Å². The number of hydrogen-bond donors (Lipinski definition) is 0. The summed E-state index contributed by atoms with van der Waals surface area (Å²) in [6.07, 6.45) is 2.69. The summed E-state index contributed by atoms with van der Waals surface area (Å²) >= 11 is 0. The van der Waals surface area contributed by atoms with Gasteiger partial charge in [0.25, 0.3) is 0 Å². The third-order valence-corrected chi connectivity index (χ3v) is 2.85. The maximum atomic E-state index is 12.2. The number of benzene rings is 2. The third kappa shape index (κ3) is 3.82. The molecule has 0 unspecified atom stereocenters. The minimum atomic E-state index is -0.276. The molecule has 2 aromatic rings. The summed E-state index contributed by atoms with van der Waals surface area (Å²) in [6.45, 7) is 2.42. The molecule has 2 heteroatoms. The smallest absolute Gasteiger partial charge is 0.338 e. The Morgan fingerprint density at radius 2 is 1.60 bits per heavy atom. The summed E-state index contributed by atoms with van der Waals surface area (Å²) in [5.74, 6) is -0.276. The molecule has 0 heterocycles. The number of rotatable bonds is 5. The minimum absolute atomic E-state index is 0.276. The number of hydrogen-bond acceptors (Lipinski definition) is 2. The molecule has 0 saturated carbocycles. The Morgan fingerprint density at radius 1 is 1.00 bits per heavy atom. The second kappa shape index (κ2) is 7.29. The predicted octanol–water partition coefficient (Wildman–Crippen LogP) is 4.18. The summed E-state index contributed by atoms with van der Waals surface area (Å²) < 4.78 is 5.27. The van der Waals surface area contributed by atoms with E-state index in [-0.39, 0.29) is 5.97 Å². The first-order valence-corrected chi connectivity index (χ1v) is 6.80. The molecular weight excluding hydrogens is 248 g/mol. The van der Waals surface area contributed by atoms with E-state index in [1.807, 2.05) is 73.7 Å². The summed E-state index contributed by atoms with van der Waals surface area (Å²) in [7, 11) is 0. The third-order valence-electron chi connectivity index (χ3n) is 2.85. The summed E-state index contributed by atoms with van der Waals surface area (Å²) in [5.41, 5.74) is 2.45. The van der Waals surface area contributed by atoms with E-state index in [9.17, 15) is 4.79 Å². The zero-order valence-corrected chi connectivity index (χ0v) is 11.6. The molecule has 2 nitrogen and oxygen atoms in total. The molecule has 0 amide bonds. The van der Waals surface area contributed by atoms with Gasteiger partial charge in [-0.15, -0.1) is 0 Å². The van der Waals surface area contributed by atoms with Crippen molar-refractivity contribution in [2.75, 3.05) is 6.61 Å². The molecule has 0 aliphatic carbocycles. The van der Waals surface area contributed by atoms with Crippen molar-refractivity contribution in [1.82, 2.24) is 0 Å². The van der Waals surface area contributed by atoms with Crippen LogP contribution in [0.4, 0.5) is 0 Å². The van der Waals surface area contributed by atoms with Gasteiger partial charge in [-0.1, -0.05) is 67.6 Å². The highest BCUT2D eigenvalue weighted by Crippen LogP contribution is 2.19. The highest BCUT2D eigenvalue weighted by Gasteiger charge is 2.13. The number of carbonyl (C=O) groups excluding carboxylic acids is 1. The fourth-order valence-corrected chi connectivity index (χ4v) is 1.87. The van der Waals surface area contributed by atoms with E-state index in [1.54, 1.807) is 0 Å². The highest BCUT2D eigenvalue weighted by molar-refractivity contribution is 6.21. The molecule has 0 fully saturated rings. The standard InChI is InChI=1S/C18H18O2/c1-2-13-20-18(19)17(16-11-7-4-8-12-16)14-15-9-5-3-6-10-15/h3-12,14H,2,13H2,1H3/b17-14-. The average Bonchev–Trinajstić information content (AvgIpc) is 2.52. The van der Waals surface area contributed by atoms with E-state index in [0.29, 0.717) is 12.2 Å². The van der Waals surface area contributed by atoms with Gasteiger partial charge in [-0.25, -0.2) is 4.79 Å². The normalized spacial score (nSPS) is 11.2. The first-order chi connectivity index (χ1) is 9.81. The Bertz CT molecular complexity index is 571. The minimum Gasteiger partial charge on any atom is -0.462 e. The van der Waals surface area contributed by atoms with Gasteiger partial charge in [-0.05, 0) is 23.6 Å². The van der Waals surface area contributed by atoms with Crippen LogP contribution in [0.2, 0.25) is 0 Å². The van der Waals surface area contributed by atoms with Crippen molar-refractivity contribution in [3.8, 4) is 0 Å². The van der Waals surface area contributed by atoms with E-state index in [4.69, 9.17) is 4.74 Å². The van der Waals surface area contributed by atoms with Gasteiger partial charge in [-0.2, -0.15) is 0 Å². The second-order valence-corrected chi connectivity index (χ2v) is 4.47. The second-order valence-electron chi connectivity index (χ2n) is 4.47. The van der Waals surface area contributed by atoms with Crippen molar-refractivity contribution in [1.29, 1.82) is 0 Å². The van der Waals surface area contributed by atoms with Crippen LogP contribution in [0.25, 0.3) is 11.6 Å². The first-order valence-electron chi connectivity index (χ1n) is 6.80. The van der Waals surface area contributed by atoms with E-state index in [1.165, 1.54) is 0 Å². The SMILES string of the molecule is CCCOC(=O)/C(=C\c1ccccc1)c1ccccc1. The molecule has 102 valence electrons. The molecule has 0 saturated heterocycles. The lowest BCUT2D eigenvalue weighted by molar-refractivity contribution is -0.136. The van der Waals surface area contributed by atoms with Crippen molar-refractivity contribution in [2.45, 2.75) is 13.3 Å². The van der Waals surface area contributed by atoms with Crippen LogP contribution < -0.4 is 0 Å². The van der Waals surface area contributed by atoms with Crippen molar-refractivity contribution in [2.24, 2.45) is 0 Å². The molecule has 2 rings (SSSR count). The zero-order valence-electron chi connectivity index (χ0n) is 11.6. The Morgan fingerprint density at radius 3 is 2.20 bits per heavy atom. The average molecular weight is 266 g/mol. The highest BCUT2D eigenvalue weighted by atomic mass is 16.5. The van der Waals surface area contributed by atoms with E-state index >= 15 is 0 Å². The lowest BCUT2D eigenvalue weighted by atomic mass is 10.0. The topological polar surface area (TPSA) is 26.3 Å². The largest absolute Gasteiger partial charge is 0.462 e. The molecular formula is C18H18O2. The number of ether oxygens (including phenoxy) is 1. The van der Waals surface area contributed by atoms with Gasteiger partial charge in [0.2, 0.25) is 0 Å². The van der Waals surface area contributed by atoms with Crippen LogP contribution >= 0.6 is 0 Å². The lowest BCUT2D eigenvalue weighted by Crippen LogP contribution is -2.07. The molecule has 0 N–H and O–H groups in total. The molecule has 0 aliphatic rings. The quantitative estimate of drug-likeness (QED) is 0.461. The Labute approximate surface area is 119 Å². The van der Waals surface area contributed by atoms with Gasteiger partial charge in [0, 0.05) is 0 Å². The maximum absolute atomic E-state index is 12.2. The zero-order chi connectivity index (χ0) is 14.2. The van der Waals surface area contributed by atoms with Crippen molar-refractivity contribution in [3.63, 3.8) is 0 Å². The van der Waals surface area contributed by atoms with Crippen LogP contribution in [0.1, 0.15) is 24.5 Å². The van der Waals surface area contributed by atoms with Gasteiger partial charge in [-0.3, -0.25) is 0 Å². The van der Waals surface area contributed by atoms with Crippen LogP contribution in [0.5, 0.6) is 0 Å². The van der Waals surface area contributed by atoms with Crippen molar-refractivity contribution >= 4 is 17.6 Å². The fourth-order valence-electron chi connectivity index (χ4n) is 1.87. The van der Waals surface area contributed by atoms with Crippen LogP contribution in [-0.2, 0) is 9.53 Å². The molecule has 0 atom stereocenters. The molecule has 0 radical (unpaired) electrons. The predicted molar refractivity (Wildman–Crippen MR) is 82.0 cm³/mol. The van der Waals surface area contributed by atoms with Crippen LogP contribution in [0.15, 0.2) is 60.7 Å². The molecule has 0 aromatic heterocycles. The molecule has 20 heavy (non-hydrogen) atoms. The fraction of sp³-hybridized carbons (Fsp3) is 0.167. The molecule has 0 bridgehead atoms.